The number of urea groups is 1. The van der Waals surface area contributed by atoms with Crippen LogP contribution < -0.4 is 30.7 Å². The number of aromatic nitrogens is 3. The second kappa shape index (κ2) is 10.5. The van der Waals surface area contributed by atoms with E-state index in [-0.39, 0.29) is 6.03 Å². The maximum absolute atomic E-state index is 12.1. The molecule has 0 unspecified atom stereocenters. The summed E-state index contributed by atoms with van der Waals surface area (Å²) in [4.78, 5) is 24.6. The number of rotatable bonds is 9. The Morgan fingerprint density at radius 3 is 2.50 bits per heavy atom. The molecule has 0 aliphatic carbocycles. The third kappa shape index (κ3) is 5.96. The zero-order chi connectivity index (χ0) is 21.2. The van der Waals surface area contributed by atoms with Crippen LogP contribution in [0.3, 0.4) is 0 Å². The lowest BCUT2D eigenvalue weighted by molar-refractivity contribution is 0.252. The smallest absolute Gasteiger partial charge is 0.319 e. The Labute approximate surface area is 174 Å². The van der Waals surface area contributed by atoms with Crippen LogP contribution in [0, 0.1) is 0 Å². The fraction of sp³-hybridized carbons (Fsp3) is 0.200. The van der Waals surface area contributed by atoms with Crippen molar-refractivity contribution in [1.82, 2.24) is 20.3 Å². The normalized spacial score (nSPS) is 10.1. The van der Waals surface area contributed by atoms with E-state index in [2.05, 4.69) is 36.2 Å². The Kier molecular flexibility index (Phi) is 7.20. The molecule has 30 heavy (non-hydrogen) atoms. The van der Waals surface area contributed by atoms with E-state index >= 15 is 0 Å². The molecular formula is C20H23N7O3. The van der Waals surface area contributed by atoms with Gasteiger partial charge >= 0.3 is 6.03 Å². The van der Waals surface area contributed by atoms with Gasteiger partial charge in [-0.3, -0.25) is 0 Å². The van der Waals surface area contributed by atoms with Gasteiger partial charge in [-0.2, -0.15) is 0 Å². The van der Waals surface area contributed by atoms with Gasteiger partial charge in [-0.1, -0.05) is 6.07 Å². The number of hydrogen-bond donors (Lipinski definition) is 4. The molecule has 156 valence electrons. The van der Waals surface area contributed by atoms with E-state index in [0.29, 0.717) is 47.7 Å². The Balaban J connectivity index is 1.43. The highest BCUT2D eigenvalue weighted by molar-refractivity contribution is 5.89. The van der Waals surface area contributed by atoms with Gasteiger partial charge in [0, 0.05) is 37.1 Å². The van der Waals surface area contributed by atoms with Crippen LogP contribution in [0.4, 0.5) is 27.9 Å². The summed E-state index contributed by atoms with van der Waals surface area (Å²) in [5.74, 6) is 3.07. The van der Waals surface area contributed by atoms with Gasteiger partial charge in [0.05, 0.1) is 14.2 Å². The lowest BCUT2D eigenvalue weighted by atomic mass is 10.3. The van der Waals surface area contributed by atoms with Crippen LogP contribution in [-0.4, -0.2) is 48.3 Å². The van der Waals surface area contributed by atoms with Crippen molar-refractivity contribution in [3.8, 4) is 11.5 Å². The van der Waals surface area contributed by atoms with Gasteiger partial charge in [-0.05, 0) is 24.3 Å². The number of carbonyl (C=O) groups is 1. The molecule has 10 heteroatoms. The van der Waals surface area contributed by atoms with E-state index in [1.807, 2.05) is 18.2 Å². The Morgan fingerprint density at radius 1 is 0.900 bits per heavy atom. The SMILES string of the molecule is COc1ccc(NC(=O)NCCNc2cc(Nc3ccccn3)ncn2)cc1OC. The van der Waals surface area contributed by atoms with Crippen LogP contribution in [-0.2, 0) is 0 Å². The zero-order valence-corrected chi connectivity index (χ0v) is 16.7. The minimum absolute atomic E-state index is 0.329. The molecule has 0 aliphatic rings. The number of methoxy groups -OCH3 is 2. The fourth-order valence-electron chi connectivity index (χ4n) is 2.55. The summed E-state index contributed by atoms with van der Waals surface area (Å²) >= 11 is 0. The second-order valence-electron chi connectivity index (χ2n) is 6.01. The first-order valence-electron chi connectivity index (χ1n) is 9.19. The fourth-order valence-corrected chi connectivity index (χ4v) is 2.55. The molecule has 2 heterocycles. The Hall–Kier alpha value is -4.08. The highest BCUT2D eigenvalue weighted by Crippen LogP contribution is 2.29. The molecule has 3 rings (SSSR count). The number of hydrogen-bond acceptors (Lipinski definition) is 8. The van der Waals surface area contributed by atoms with Crippen molar-refractivity contribution < 1.29 is 14.3 Å². The van der Waals surface area contributed by atoms with Gasteiger partial charge in [0.25, 0.3) is 0 Å². The van der Waals surface area contributed by atoms with Gasteiger partial charge in [-0.25, -0.2) is 19.7 Å². The first-order valence-corrected chi connectivity index (χ1v) is 9.19. The lowest BCUT2D eigenvalue weighted by Gasteiger charge is -2.12. The van der Waals surface area contributed by atoms with Crippen molar-refractivity contribution in [1.29, 1.82) is 0 Å². The number of nitrogens with one attached hydrogen (secondary N) is 4. The molecule has 0 spiro atoms. The van der Waals surface area contributed by atoms with Crippen LogP contribution in [0.15, 0.2) is 55.0 Å². The van der Waals surface area contributed by atoms with Crippen LogP contribution >= 0.6 is 0 Å². The summed E-state index contributed by atoms with van der Waals surface area (Å²) in [5, 5.41) is 11.7. The van der Waals surface area contributed by atoms with Crippen LogP contribution in [0.25, 0.3) is 0 Å². The van der Waals surface area contributed by atoms with Crippen molar-refractivity contribution in [3.63, 3.8) is 0 Å². The van der Waals surface area contributed by atoms with E-state index in [0.717, 1.165) is 0 Å². The first kappa shape index (κ1) is 20.6. The van der Waals surface area contributed by atoms with E-state index in [1.54, 1.807) is 37.6 Å². The molecule has 0 aliphatic heterocycles. The van der Waals surface area contributed by atoms with Gasteiger partial charge in [0.1, 0.15) is 23.8 Å². The number of pyridine rings is 1. The second-order valence-corrected chi connectivity index (χ2v) is 6.01. The molecule has 2 aromatic heterocycles. The van der Waals surface area contributed by atoms with Crippen molar-refractivity contribution in [2.24, 2.45) is 0 Å². The van der Waals surface area contributed by atoms with Gasteiger partial charge in [-0.15, -0.1) is 0 Å². The van der Waals surface area contributed by atoms with Crippen molar-refractivity contribution in [2.45, 2.75) is 0 Å². The molecule has 1 aromatic carbocycles. The molecule has 0 bridgehead atoms. The summed E-state index contributed by atoms with van der Waals surface area (Å²) in [6.45, 7) is 0.880. The van der Waals surface area contributed by atoms with Crippen LogP contribution in [0.5, 0.6) is 11.5 Å². The summed E-state index contributed by atoms with van der Waals surface area (Å²) in [7, 11) is 3.09. The predicted octanol–water partition coefficient (Wildman–Crippen LogP) is 2.87. The summed E-state index contributed by atoms with van der Waals surface area (Å²) < 4.78 is 10.4. The molecule has 10 nitrogen and oxygen atoms in total. The third-order valence-electron chi connectivity index (χ3n) is 3.95. The minimum atomic E-state index is -0.329. The molecule has 0 radical (unpaired) electrons. The largest absolute Gasteiger partial charge is 0.493 e. The highest BCUT2D eigenvalue weighted by Gasteiger charge is 2.07. The average molecular weight is 409 g/mol. The third-order valence-corrected chi connectivity index (χ3v) is 3.95. The number of nitrogens with zero attached hydrogens (tertiary/aromatic N) is 3. The molecule has 0 atom stereocenters. The number of ether oxygens (including phenoxy) is 2. The van der Waals surface area contributed by atoms with Crippen LogP contribution in [0.1, 0.15) is 0 Å². The zero-order valence-electron chi connectivity index (χ0n) is 16.7. The molecule has 4 N–H and O–H groups in total. The lowest BCUT2D eigenvalue weighted by Crippen LogP contribution is -2.32. The molecule has 0 saturated carbocycles. The van der Waals surface area contributed by atoms with Crippen molar-refractivity contribution in [3.05, 3.63) is 55.0 Å². The summed E-state index contributed by atoms with van der Waals surface area (Å²) in [5.41, 5.74) is 0.596. The number of carbonyl (C=O) groups excluding carboxylic acids is 1. The number of amides is 2. The van der Waals surface area contributed by atoms with E-state index in [9.17, 15) is 4.79 Å². The standard InChI is InChI=1S/C20H23N7O3/c1-29-15-7-6-14(11-16(15)30-2)26-20(28)23-10-9-22-18-12-19(25-13-24-18)27-17-5-3-4-8-21-17/h3-8,11-13H,9-10H2,1-2H3,(H2,23,26,28)(H2,21,22,24,25,27). The molecule has 2 amide bonds. The monoisotopic (exact) mass is 409 g/mol. The molecule has 0 saturated heterocycles. The van der Waals surface area contributed by atoms with E-state index < -0.39 is 0 Å². The maximum Gasteiger partial charge on any atom is 0.319 e. The van der Waals surface area contributed by atoms with Crippen molar-refractivity contribution >= 4 is 29.2 Å². The maximum atomic E-state index is 12.1. The van der Waals surface area contributed by atoms with Gasteiger partial charge in [0.2, 0.25) is 0 Å². The van der Waals surface area contributed by atoms with Crippen LogP contribution in [0.2, 0.25) is 0 Å². The number of anilines is 4. The molecule has 0 fully saturated rings. The minimum Gasteiger partial charge on any atom is -0.493 e. The quantitative estimate of drug-likeness (QED) is 0.398. The number of benzene rings is 1. The van der Waals surface area contributed by atoms with Gasteiger partial charge in [0.15, 0.2) is 11.5 Å². The topological polar surface area (TPSA) is 122 Å². The summed E-state index contributed by atoms with van der Waals surface area (Å²) in [6, 6.07) is 12.1. The summed E-state index contributed by atoms with van der Waals surface area (Å²) in [6.07, 6.45) is 3.15. The Morgan fingerprint density at radius 2 is 1.73 bits per heavy atom. The molecular weight excluding hydrogens is 386 g/mol. The van der Waals surface area contributed by atoms with Crippen molar-refractivity contribution in [2.75, 3.05) is 43.3 Å². The van der Waals surface area contributed by atoms with E-state index in [4.69, 9.17) is 9.47 Å². The van der Waals surface area contributed by atoms with Gasteiger partial charge < -0.3 is 30.7 Å². The predicted molar refractivity (Wildman–Crippen MR) is 115 cm³/mol. The first-order chi connectivity index (χ1) is 14.7. The Bertz CT molecular complexity index is 970. The molecule has 3 aromatic rings. The average Bonchev–Trinajstić information content (AvgIpc) is 2.77. The van der Waals surface area contributed by atoms with E-state index in [1.165, 1.54) is 13.4 Å². The highest BCUT2D eigenvalue weighted by atomic mass is 16.5.